The first-order valence-corrected chi connectivity index (χ1v) is 12.8. The molecule has 6 rings (SSSR count). The Morgan fingerprint density at radius 3 is 2.34 bits per heavy atom. The number of nitrogens with zero attached hydrogens (tertiary/aromatic N) is 2. The van der Waals surface area contributed by atoms with Gasteiger partial charge in [-0.15, -0.1) is 0 Å². The summed E-state index contributed by atoms with van der Waals surface area (Å²) in [4.78, 5) is 18.1. The Hall–Kier alpha value is -3.37. The lowest BCUT2D eigenvalue weighted by atomic mass is 9.92. The third-order valence-electron chi connectivity index (χ3n) is 7.68. The number of Topliss-reactive ketones (excluding diaryl/α,β-unsaturated/α-hetero) is 1. The van der Waals surface area contributed by atoms with Crippen LogP contribution in [0.15, 0.2) is 90.5 Å². The Kier molecular flexibility index (Phi) is 6.13. The van der Waals surface area contributed by atoms with Gasteiger partial charge in [0.25, 0.3) is 0 Å². The van der Waals surface area contributed by atoms with Gasteiger partial charge in [-0.05, 0) is 66.7 Å². The van der Waals surface area contributed by atoms with Gasteiger partial charge in [0.2, 0.25) is 0 Å². The van der Waals surface area contributed by atoms with Gasteiger partial charge in [0.15, 0.2) is 5.78 Å². The first-order chi connectivity index (χ1) is 17.2. The van der Waals surface area contributed by atoms with E-state index >= 15 is 0 Å². The summed E-state index contributed by atoms with van der Waals surface area (Å²) in [5, 5.41) is 0. The number of hydrogen-bond acceptors (Lipinski definition) is 4. The second-order valence-electron chi connectivity index (χ2n) is 10.1. The van der Waals surface area contributed by atoms with E-state index in [0.29, 0.717) is 18.3 Å². The van der Waals surface area contributed by atoms with Gasteiger partial charge in [-0.1, -0.05) is 66.7 Å². The summed E-state index contributed by atoms with van der Waals surface area (Å²) in [5.41, 5.74) is 5.97. The van der Waals surface area contributed by atoms with Crippen molar-refractivity contribution in [1.82, 2.24) is 4.90 Å². The van der Waals surface area contributed by atoms with Gasteiger partial charge in [-0.2, -0.15) is 0 Å². The van der Waals surface area contributed by atoms with Crippen LogP contribution in [0, 0.1) is 5.92 Å². The molecule has 1 unspecified atom stereocenters. The summed E-state index contributed by atoms with van der Waals surface area (Å²) in [7, 11) is 0. The first-order valence-electron chi connectivity index (χ1n) is 12.8. The number of allylic oxidation sites excluding steroid dienone is 1. The van der Waals surface area contributed by atoms with E-state index in [0.717, 1.165) is 62.3 Å². The SMILES string of the molecule is O=C1C(=CC2CCN(Cc3ccccc3)CC2)CN2c3ccc(OCc4ccccc4)cc3CC12. The average molecular weight is 465 g/mol. The van der Waals surface area contributed by atoms with Crippen LogP contribution in [0.2, 0.25) is 0 Å². The van der Waals surface area contributed by atoms with Gasteiger partial charge in [0.1, 0.15) is 12.4 Å². The standard InChI is InChI=1S/C31H32N2O2/c34-31-27(17-23-13-15-32(16-14-23)20-24-7-3-1-4-8-24)21-33-29-12-11-28(18-26(29)19-30(31)33)35-22-25-9-5-2-6-10-25/h1-12,17-18,23,30H,13-16,19-22H2. The zero-order valence-electron chi connectivity index (χ0n) is 20.1. The van der Waals surface area contributed by atoms with Gasteiger partial charge in [0, 0.05) is 30.8 Å². The van der Waals surface area contributed by atoms with Crippen LogP contribution in [0.1, 0.15) is 29.5 Å². The third kappa shape index (κ3) is 4.76. The summed E-state index contributed by atoms with van der Waals surface area (Å²) in [6, 6.07) is 27.2. The van der Waals surface area contributed by atoms with E-state index in [1.807, 2.05) is 24.3 Å². The molecule has 4 heteroatoms. The van der Waals surface area contributed by atoms with Crippen LogP contribution in [-0.4, -0.2) is 36.4 Å². The minimum absolute atomic E-state index is 0.0428. The fraction of sp³-hybridized carbons (Fsp3) is 0.323. The van der Waals surface area contributed by atoms with Crippen LogP contribution < -0.4 is 9.64 Å². The number of carbonyl (C=O) groups is 1. The van der Waals surface area contributed by atoms with Crippen molar-refractivity contribution in [2.75, 3.05) is 24.5 Å². The highest BCUT2D eigenvalue weighted by Crippen LogP contribution is 2.40. The van der Waals surface area contributed by atoms with Gasteiger partial charge >= 0.3 is 0 Å². The maximum Gasteiger partial charge on any atom is 0.183 e. The number of piperidine rings is 1. The molecule has 35 heavy (non-hydrogen) atoms. The molecule has 0 saturated carbocycles. The predicted octanol–water partition coefficient (Wildman–Crippen LogP) is 5.42. The molecule has 1 atom stereocenters. The average Bonchev–Trinajstić information content (AvgIpc) is 3.40. The molecule has 3 heterocycles. The second kappa shape index (κ2) is 9.71. The molecule has 2 fully saturated rings. The molecule has 0 amide bonds. The molecule has 3 aliphatic heterocycles. The van der Waals surface area contributed by atoms with Crippen molar-refractivity contribution in [3.05, 3.63) is 107 Å². The summed E-state index contributed by atoms with van der Waals surface area (Å²) >= 11 is 0. The molecular formula is C31H32N2O2. The van der Waals surface area contributed by atoms with E-state index in [1.165, 1.54) is 16.8 Å². The van der Waals surface area contributed by atoms with Gasteiger partial charge in [-0.3, -0.25) is 9.69 Å². The topological polar surface area (TPSA) is 32.8 Å². The molecule has 0 aromatic heterocycles. The zero-order chi connectivity index (χ0) is 23.6. The Bertz CT molecular complexity index is 1210. The first kappa shape index (κ1) is 22.1. The summed E-state index contributed by atoms with van der Waals surface area (Å²) < 4.78 is 6.02. The molecule has 3 aromatic rings. The van der Waals surface area contributed by atoms with E-state index in [2.05, 4.69) is 70.5 Å². The van der Waals surface area contributed by atoms with Crippen molar-refractivity contribution in [2.24, 2.45) is 5.92 Å². The van der Waals surface area contributed by atoms with Crippen LogP contribution in [-0.2, 0) is 24.4 Å². The lowest BCUT2D eigenvalue weighted by Gasteiger charge is -2.31. The summed E-state index contributed by atoms with van der Waals surface area (Å²) in [5.74, 6) is 1.70. The Balaban J connectivity index is 1.06. The van der Waals surface area contributed by atoms with Crippen molar-refractivity contribution in [3.63, 3.8) is 0 Å². The summed E-state index contributed by atoms with van der Waals surface area (Å²) in [6.07, 6.45) is 5.35. The highest BCUT2D eigenvalue weighted by atomic mass is 16.5. The smallest absolute Gasteiger partial charge is 0.183 e. The Labute approximate surface area is 207 Å². The second-order valence-corrected chi connectivity index (χ2v) is 10.1. The number of carbonyl (C=O) groups excluding carboxylic acids is 1. The maximum atomic E-state index is 13.3. The number of ether oxygens (including phenoxy) is 1. The minimum Gasteiger partial charge on any atom is -0.489 e. The van der Waals surface area contributed by atoms with E-state index < -0.39 is 0 Å². The van der Waals surface area contributed by atoms with E-state index in [-0.39, 0.29) is 6.04 Å². The predicted molar refractivity (Wildman–Crippen MR) is 140 cm³/mol. The normalized spacial score (nSPS) is 21.4. The largest absolute Gasteiger partial charge is 0.489 e. The highest BCUT2D eigenvalue weighted by molar-refractivity contribution is 6.07. The van der Waals surface area contributed by atoms with Crippen molar-refractivity contribution < 1.29 is 9.53 Å². The van der Waals surface area contributed by atoms with E-state index in [4.69, 9.17) is 4.74 Å². The van der Waals surface area contributed by atoms with Crippen LogP contribution in [0.4, 0.5) is 5.69 Å². The number of likely N-dealkylation sites (tertiary alicyclic amines) is 1. The number of fused-ring (bicyclic) bond motifs is 3. The quantitative estimate of drug-likeness (QED) is 0.456. The van der Waals surface area contributed by atoms with Crippen LogP contribution in [0.5, 0.6) is 5.75 Å². The molecule has 3 aliphatic rings. The molecule has 0 N–H and O–H groups in total. The molecular weight excluding hydrogens is 432 g/mol. The van der Waals surface area contributed by atoms with Crippen LogP contribution in [0.3, 0.4) is 0 Å². The monoisotopic (exact) mass is 464 g/mol. The summed E-state index contributed by atoms with van der Waals surface area (Å²) in [6.45, 7) is 4.51. The van der Waals surface area contributed by atoms with Gasteiger partial charge in [-0.25, -0.2) is 0 Å². The fourth-order valence-corrected chi connectivity index (χ4v) is 5.77. The molecule has 0 aliphatic carbocycles. The minimum atomic E-state index is -0.0428. The van der Waals surface area contributed by atoms with Crippen molar-refractivity contribution in [2.45, 2.75) is 38.5 Å². The van der Waals surface area contributed by atoms with Gasteiger partial charge < -0.3 is 9.64 Å². The number of benzene rings is 3. The zero-order valence-corrected chi connectivity index (χ0v) is 20.1. The van der Waals surface area contributed by atoms with Crippen molar-refractivity contribution in [3.8, 4) is 5.75 Å². The maximum absolute atomic E-state index is 13.3. The van der Waals surface area contributed by atoms with E-state index in [9.17, 15) is 4.79 Å². The molecule has 0 radical (unpaired) electrons. The molecule has 0 spiro atoms. The van der Waals surface area contributed by atoms with Crippen LogP contribution in [0.25, 0.3) is 0 Å². The molecule has 178 valence electrons. The highest BCUT2D eigenvalue weighted by Gasteiger charge is 2.42. The number of hydrogen-bond donors (Lipinski definition) is 0. The van der Waals surface area contributed by atoms with Gasteiger partial charge in [0.05, 0.1) is 6.04 Å². The van der Waals surface area contributed by atoms with E-state index in [1.54, 1.807) is 0 Å². The number of rotatable bonds is 6. The fourth-order valence-electron chi connectivity index (χ4n) is 5.77. The van der Waals surface area contributed by atoms with Crippen molar-refractivity contribution in [1.29, 1.82) is 0 Å². The number of ketones is 1. The molecule has 4 nitrogen and oxygen atoms in total. The lowest BCUT2D eigenvalue weighted by Crippen LogP contribution is -2.32. The molecule has 2 saturated heterocycles. The van der Waals surface area contributed by atoms with Crippen molar-refractivity contribution >= 4 is 11.5 Å². The Morgan fingerprint density at radius 1 is 0.886 bits per heavy atom. The van der Waals surface area contributed by atoms with Crippen LogP contribution >= 0.6 is 0 Å². The lowest BCUT2D eigenvalue weighted by molar-refractivity contribution is -0.115. The molecule has 0 bridgehead atoms. The molecule has 3 aromatic carbocycles. The Morgan fingerprint density at radius 2 is 1.60 bits per heavy atom. The third-order valence-corrected chi connectivity index (χ3v) is 7.68. The number of anilines is 1.